The lowest BCUT2D eigenvalue weighted by molar-refractivity contribution is 0.0368. The van der Waals surface area contributed by atoms with E-state index < -0.39 is 0 Å². The molecule has 1 atom stereocenters. The van der Waals surface area contributed by atoms with Gasteiger partial charge in [0, 0.05) is 31.1 Å². The zero-order valence-corrected chi connectivity index (χ0v) is 16.6. The van der Waals surface area contributed by atoms with Gasteiger partial charge in [-0.25, -0.2) is 4.79 Å². The number of morpholine rings is 1. The summed E-state index contributed by atoms with van der Waals surface area (Å²) in [6.07, 6.45) is 0. The van der Waals surface area contributed by atoms with E-state index >= 15 is 0 Å². The quantitative estimate of drug-likeness (QED) is 0.643. The molecular formula is C19H28N2O3S. The minimum atomic E-state index is -0.324. The molecule has 1 N–H and O–H groups in total. The van der Waals surface area contributed by atoms with Crippen LogP contribution in [0.1, 0.15) is 42.2 Å². The van der Waals surface area contributed by atoms with Gasteiger partial charge < -0.3 is 14.8 Å². The summed E-state index contributed by atoms with van der Waals surface area (Å²) in [5, 5.41) is 3.45. The summed E-state index contributed by atoms with van der Waals surface area (Å²) >= 11 is 1.38. The molecule has 0 aliphatic carbocycles. The number of anilines is 1. The van der Waals surface area contributed by atoms with Crippen molar-refractivity contribution in [2.45, 2.75) is 33.7 Å². The summed E-state index contributed by atoms with van der Waals surface area (Å²) in [5.41, 5.74) is 0.725. The lowest BCUT2D eigenvalue weighted by Crippen LogP contribution is -2.42. The molecule has 0 bridgehead atoms. The zero-order chi connectivity index (χ0) is 18.4. The van der Waals surface area contributed by atoms with Crippen molar-refractivity contribution in [2.24, 2.45) is 5.41 Å². The van der Waals surface area contributed by atoms with Crippen molar-refractivity contribution >= 4 is 23.0 Å². The molecule has 0 radical (unpaired) electrons. The molecule has 1 saturated heterocycles. The minimum absolute atomic E-state index is 0.0768. The number of hydrogen-bond donors (Lipinski definition) is 1. The number of ether oxygens (including phenoxy) is 2. The molecule has 0 aromatic carbocycles. The molecule has 1 aliphatic heterocycles. The Morgan fingerprint density at radius 3 is 2.72 bits per heavy atom. The molecular weight excluding hydrogens is 336 g/mol. The predicted molar refractivity (Wildman–Crippen MR) is 102 cm³/mol. The van der Waals surface area contributed by atoms with Crippen molar-refractivity contribution in [1.29, 1.82) is 0 Å². The fourth-order valence-electron chi connectivity index (χ4n) is 2.54. The number of hydrogen-bond acceptors (Lipinski definition) is 6. The molecule has 0 amide bonds. The van der Waals surface area contributed by atoms with Crippen LogP contribution in [0, 0.1) is 17.3 Å². The zero-order valence-electron chi connectivity index (χ0n) is 15.8. The highest BCUT2D eigenvalue weighted by Crippen LogP contribution is 2.28. The van der Waals surface area contributed by atoms with Crippen molar-refractivity contribution in [3.63, 3.8) is 0 Å². The lowest BCUT2D eigenvalue weighted by atomic mass is 9.98. The normalized spacial score (nSPS) is 16.7. The Balaban J connectivity index is 2.12. The maximum atomic E-state index is 12.1. The first-order chi connectivity index (χ1) is 11.8. The standard InChI is InChI=1S/C19H28N2O3S/c1-14(13-21-8-10-24-11-9-21)20-16-12-15(6-7-19(2,3)4)25-17(16)18(22)23-5/h12,14,20H,8-11,13H2,1-5H3. The van der Waals surface area contributed by atoms with Crippen LogP contribution in [0.15, 0.2) is 6.07 Å². The van der Waals surface area contributed by atoms with Crippen LogP contribution in [0.2, 0.25) is 0 Å². The molecule has 1 unspecified atom stereocenters. The van der Waals surface area contributed by atoms with Gasteiger partial charge in [0.05, 0.1) is 30.9 Å². The van der Waals surface area contributed by atoms with Crippen molar-refractivity contribution in [1.82, 2.24) is 4.90 Å². The smallest absolute Gasteiger partial charge is 0.350 e. The topological polar surface area (TPSA) is 50.8 Å². The molecule has 1 aromatic rings. The number of esters is 1. The number of rotatable bonds is 5. The Morgan fingerprint density at radius 1 is 1.44 bits per heavy atom. The van der Waals surface area contributed by atoms with Crippen LogP contribution >= 0.6 is 11.3 Å². The summed E-state index contributed by atoms with van der Waals surface area (Å²) in [5.74, 6) is 6.06. The third-order valence-electron chi connectivity index (χ3n) is 3.70. The summed E-state index contributed by atoms with van der Waals surface area (Å²) in [4.78, 5) is 15.9. The number of nitrogens with one attached hydrogen (secondary N) is 1. The van der Waals surface area contributed by atoms with Gasteiger partial charge in [-0.05, 0) is 33.8 Å². The molecule has 5 nitrogen and oxygen atoms in total. The summed E-state index contributed by atoms with van der Waals surface area (Å²) in [7, 11) is 1.41. The van der Waals surface area contributed by atoms with Gasteiger partial charge >= 0.3 is 5.97 Å². The molecule has 138 valence electrons. The van der Waals surface area contributed by atoms with Gasteiger partial charge in [0.1, 0.15) is 4.88 Å². The monoisotopic (exact) mass is 364 g/mol. The fourth-order valence-corrected chi connectivity index (χ4v) is 3.43. The molecule has 0 spiro atoms. The first kappa shape index (κ1) is 19.8. The second-order valence-electron chi connectivity index (χ2n) is 7.30. The van der Waals surface area contributed by atoms with Crippen LogP contribution in [-0.4, -0.2) is 56.9 Å². The van der Waals surface area contributed by atoms with E-state index in [4.69, 9.17) is 9.47 Å². The van der Waals surface area contributed by atoms with Crippen LogP contribution in [0.4, 0.5) is 5.69 Å². The highest BCUT2D eigenvalue weighted by atomic mass is 32.1. The van der Waals surface area contributed by atoms with Crippen LogP contribution in [-0.2, 0) is 9.47 Å². The van der Waals surface area contributed by atoms with Crippen LogP contribution < -0.4 is 5.32 Å². The van der Waals surface area contributed by atoms with Gasteiger partial charge in [-0.2, -0.15) is 0 Å². The Kier molecular flexibility index (Phi) is 6.88. The van der Waals surface area contributed by atoms with Gasteiger partial charge in [0.15, 0.2) is 0 Å². The summed E-state index contributed by atoms with van der Waals surface area (Å²) in [6.45, 7) is 12.7. The largest absolute Gasteiger partial charge is 0.465 e. The van der Waals surface area contributed by atoms with E-state index in [1.54, 1.807) is 0 Å². The molecule has 1 fully saturated rings. The van der Waals surface area contributed by atoms with E-state index in [-0.39, 0.29) is 17.4 Å². The van der Waals surface area contributed by atoms with Gasteiger partial charge in [0.2, 0.25) is 0 Å². The third-order valence-corrected chi connectivity index (χ3v) is 4.73. The second-order valence-corrected chi connectivity index (χ2v) is 8.36. The Hall–Kier alpha value is -1.55. The summed E-state index contributed by atoms with van der Waals surface area (Å²) < 4.78 is 10.3. The van der Waals surface area contributed by atoms with Crippen molar-refractivity contribution in [2.75, 3.05) is 45.3 Å². The molecule has 2 heterocycles. The van der Waals surface area contributed by atoms with E-state index in [1.807, 2.05) is 6.07 Å². The lowest BCUT2D eigenvalue weighted by Gasteiger charge is -2.29. The molecule has 1 aliphatic rings. The number of thiophene rings is 1. The molecule has 25 heavy (non-hydrogen) atoms. The highest BCUT2D eigenvalue weighted by molar-refractivity contribution is 7.15. The maximum absolute atomic E-state index is 12.1. The van der Waals surface area contributed by atoms with Gasteiger partial charge in [-0.15, -0.1) is 11.3 Å². The second kappa shape index (κ2) is 8.70. The number of carbonyl (C=O) groups is 1. The number of carbonyl (C=O) groups excluding carboxylic acids is 1. The van der Waals surface area contributed by atoms with E-state index in [0.717, 1.165) is 43.4 Å². The van der Waals surface area contributed by atoms with Crippen LogP contribution in [0.3, 0.4) is 0 Å². The summed E-state index contributed by atoms with van der Waals surface area (Å²) in [6, 6.07) is 2.16. The Labute approximate surface area is 154 Å². The van der Waals surface area contributed by atoms with Crippen molar-refractivity contribution in [3.05, 3.63) is 15.8 Å². The average molecular weight is 365 g/mol. The first-order valence-electron chi connectivity index (χ1n) is 8.60. The van der Waals surface area contributed by atoms with Gasteiger partial charge in [0.25, 0.3) is 0 Å². The van der Waals surface area contributed by atoms with E-state index in [0.29, 0.717) is 4.88 Å². The molecule has 0 saturated carbocycles. The van der Waals surface area contributed by atoms with Crippen LogP contribution in [0.5, 0.6) is 0 Å². The number of methoxy groups -OCH3 is 1. The minimum Gasteiger partial charge on any atom is -0.465 e. The number of nitrogens with zero attached hydrogens (tertiary/aromatic N) is 1. The van der Waals surface area contributed by atoms with E-state index in [2.05, 4.69) is 49.8 Å². The first-order valence-corrected chi connectivity index (χ1v) is 9.42. The van der Waals surface area contributed by atoms with E-state index in [1.165, 1.54) is 18.4 Å². The van der Waals surface area contributed by atoms with Crippen LogP contribution in [0.25, 0.3) is 0 Å². The van der Waals surface area contributed by atoms with Gasteiger partial charge in [-0.1, -0.05) is 11.8 Å². The average Bonchev–Trinajstić information content (AvgIpc) is 2.95. The van der Waals surface area contributed by atoms with Gasteiger partial charge in [-0.3, -0.25) is 4.90 Å². The van der Waals surface area contributed by atoms with Crippen molar-refractivity contribution < 1.29 is 14.3 Å². The Bertz CT molecular complexity index is 646. The molecule has 6 heteroatoms. The third kappa shape index (κ3) is 6.35. The van der Waals surface area contributed by atoms with Crippen molar-refractivity contribution in [3.8, 4) is 11.8 Å². The van der Waals surface area contributed by atoms with E-state index in [9.17, 15) is 4.79 Å². The molecule has 2 rings (SSSR count). The SMILES string of the molecule is COC(=O)c1sc(C#CC(C)(C)C)cc1NC(C)CN1CCOCC1. The maximum Gasteiger partial charge on any atom is 0.350 e. The Morgan fingerprint density at radius 2 is 2.12 bits per heavy atom. The fraction of sp³-hybridized carbons (Fsp3) is 0.632. The highest BCUT2D eigenvalue weighted by Gasteiger charge is 2.20. The predicted octanol–water partition coefficient (Wildman–Crippen LogP) is 3.06. The molecule has 1 aromatic heterocycles.